The Morgan fingerprint density at radius 2 is 1.69 bits per heavy atom. The van der Waals surface area contributed by atoms with Crippen LogP contribution in [0.2, 0.25) is 0 Å². The third kappa shape index (κ3) is 1.62. The minimum atomic E-state index is 0.251. The number of aryl methyl sites for hydroxylation is 2. The Morgan fingerprint density at radius 3 is 2.50 bits per heavy atom. The number of Topliss-reactive ketones (excluding diaryl/α,β-unsaturated/α-hetero) is 1. The monoisotopic (exact) mass is 216 g/mol. The van der Waals surface area contributed by atoms with Crippen molar-refractivity contribution in [1.29, 1.82) is 0 Å². The summed E-state index contributed by atoms with van der Waals surface area (Å²) in [6, 6.07) is 4.19. The third-order valence-corrected chi connectivity index (χ3v) is 3.55. The molecule has 1 aromatic rings. The topological polar surface area (TPSA) is 26.3 Å². The molecule has 0 bridgehead atoms. The first-order valence-electron chi connectivity index (χ1n) is 6.16. The standard InChI is InChI=1S/C14H16O2/c15-13-6-3-7-16-14-9-11-5-2-1-4-10(11)8-12(13)14/h8-9H,1-7H2. The van der Waals surface area contributed by atoms with Crippen molar-refractivity contribution in [2.24, 2.45) is 0 Å². The molecule has 0 spiro atoms. The summed E-state index contributed by atoms with van der Waals surface area (Å²) in [7, 11) is 0. The number of rotatable bonds is 0. The highest BCUT2D eigenvalue weighted by atomic mass is 16.5. The molecule has 1 aliphatic heterocycles. The fourth-order valence-corrected chi connectivity index (χ4v) is 2.65. The quantitative estimate of drug-likeness (QED) is 0.666. The zero-order valence-corrected chi connectivity index (χ0v) is 9.42. The van der Waals surface area contributed by atoms with Gasteiger partial charge in [0.15, 0.2) is 5.78 Å². The van der Waals surface area contributed by atoms with Crippen LogP contribution >= 0.6 is 0 Å². The summed E-state index contributed by atoms with van der Waals surface area (Å²) in [6.45, 7) is 0.678. The van der Waals surface area contributed by atoms with Crippen LogP contribution in [0.5, 0.6) is 5.75 Å². The largest absolute Gasteiger partial charge is 0.493 e. The minimum Gasteiger partial charge on any atom is -0.493 e. The van der Waals surface area contributed by atoms with Gasteiger partial charge in [0.25, 0.3) is 0 Å². The predicted octanol–water partition coefficient (Wildman–Crippen LogP) is 2.92. The fraction of sp³-hybridized carbons (Fsp3) is 0.500. The maximum absolute atomic E-state index is 11.9. The van der Waals surface area contributed by atoms with Crippen LogP contribution in [0.4, 0.5) is 0 Å². The molecular formula is C14H16O2. The second-order valence-corrected chi connectivity index (χ2v) is 4.70. The number of benzene rings is 1. The highest BCUT2D eigenvalue weighted by Gasteiger charge is 2.20. The van der Waals surface area contributed by atoms with Gasteiger partial charge in [-0.05, 0) is 55.4 Å². The molecule has 16 heavy (non-hydrogen) atoms. The van der Waals surface area contributed by atoms with Gasteiger partial charge in [-0.15, -0.1) is 0 Å². The van der Waals surface area contributed by atoms with E-state index < -0.39 is 0 Å². The molecule has 84 valence electrons. The van der Waals surface area contributed by atoms with E-state index in [0.29, 0.717) is 13.0 Å². The van der Waals surface area contributed by atoms with Crippen molar-refractivity contribution < 1.29 is 9.53 Å². The predicted molar refractivity (Wildman–Crippen MR) is 62.1 cm³/mol. The van der Waals surface area contributed by atoms with Gasteiger partial charge in [-0.2, -0.15) is 0 Å². The summed E-state index contributed by atoms with van der Waals surface area (Å²) in [6.07, 6.45) is 6.25. The van der Waals surface area contributed by atoms with Crippen molar-refractivity contribution >= 4 is 5.78 Å². The van der Waals surface area contributed by atoms with E-state index in [0.717, 1.165) is 30.6 Å². The van der Waals surface area contributed by atoms with Gasteiger partial charge in [0.2, 0.25) is 0 Å². The summed E-state index contributed by atoms with van der Waals surface area (Å²) in [4.78, 5) is 11.9. The Kier molecular flexibility index (Phi) is 2.43. The molecule has 0 saturated carbocycles. The van der Waals surface area contributed by atoms with Crippen LogP contribution in [0.15, 0.2) is 12.1 Å². The van der Waals surface area contributed by atoms with Crippen molar-refractivity contribution in [3.05, 3.63) is 28.8 Å². The zero-order chi connectivity index (χ0) is 11.0. The summed E-state index contributed by atoms with van der Waals surface area (Å²) < 4.78 is 5.66. The van der Waals surface area contributed by atoms with Crippen LogP contribution in [0.1, 0.15) is 47.2 Å². The van der Waals surface area contributed by atoms with Gasteiger partial charge >= 0.3 is 0 Å². The first-order valence-corrected chi connectivity index (χ1v) is 6.16. The molecule has 0 amide bonds. The molecule has 1 aromatic carbocycles. The lowest BCUT2D eigenvalue weighted by molar-refractivity contribution is 0.0983. The Labute approximate surface area is 95.6 Å². The number of hydrogen-bond donors (Lipinski definition) is 0. The lowest BCUT2D eigenvalue weighted by atomic mass is 9.89. The molecule has 2 aliphatic rings. The third-order valence-electron chi connectivity index (χ3n) is 3.55. The van der Waals surface area contributed by atoms with E-state index in [2.05, 4.69) is 12.1 Å². The first-order chi connectivity index (χ1) is 7.84. The first kappa shape index (κ1) is 9.88. The number of hydrogen-bond acceptors (Lipinski definition) is 2. The van der Waals surface area contributed by atoms with Crippen molar-refractivity contribution in [2.75, 3.05) is 6.61 Å². The highest BCUT2D eigenvalue weighted by molar-refractivity contribution is 5.99. The SMILES string of the molecule is O=C1CCCOc2cc3c(cc21)CCCC3. The average molecular weight is 216 g/mol. The molecule has 0 radical (unpaired) electrons. The van der Waals surface area contributed by atoms with Crippen molar-refractivity contribution in [2.45, 2.75) is 38.5 Å². The number of ketones is 1. The normalized spacial score (nSPS) is 19.4. The van der Waals surface area contributed by atoms with Crippen LogP contribution in [0.25, 0.3) is 0 Å². The molecule has 1 heterocycles. The lowest BCUT2D eigenvalue weighted by Gasteiger charge is -2.18. The maximum atomic E-state index is 11.9. The van der Waals surface area contributed by atoms with E-state index in [1.807, 2.05) is 0 Å². The molecular weight excluding hydrogens is 200 g/mol. The van der Waals surface area contributed by atoms with E-state index in [1.54, 1.807) is 0 Å². The summed E-state index contributed by atoms with van der Waals surface area (Å²) in [5.74, 6) is 1.07. The van der Waals surface area contributed by atoms with Gasteiger partial charge in [-0.25, -0.2) is 0 Å². The van der Waals surface area contributed by atoms with Crippen LogP contribution in [-0.4, -0.2) is 12.4 Å². The molecule has 1 aliphatic carbocycles. The number of carbonyl (C=O) groups is 1. The zero-order valence-electron chi connectivity index (χ0n) is 9.42. The van der Waals surface area contributed by atoms with Crippen LogP contribution in [0.3, 0.4) is 0 Å². The summed E-state index contributed by atoms with van der Waals surface area (Å²) in [5.41, 5.74) is 3.57. The molecule has 0 unspecified atom stereocenters. The van der Waals surface area contributed by atoms with Gasteiger partial charge in [-0.1, -0.05) is 0 Å². The smallest absolute Gasteiger partial charge is 0.166 e. The van der Waals surface area contributed by atoms with Crippen molar-refractivity contribution in [1.82, 2.24) is 0 Å². The lowest BCUT2D eigenvalue weighted by Crippen LogP contribution is -2.07. The second kappa shape index (κ2) is 3.93. The molecule has 2 nitrogen and oxygen atoms in total. The number of carbonyl (C=O) groups excluding carboxylic acids is 1. The Morgan fingerprint density at radius 1 is 0.938 bits per heavy atom. The number of ether oxygens (including phenoxy) is 1. The molecule has 0 fully saturated rings. The van der Waals surface area contributed by atoms with Gasteiger partial charge in [0, 0.05) is 6.42 Å². The van der Waals surface area contributed by atoms with Gasteiger partial charge < -0.3 is 4.74 Å². The van der Waals surface area contributed by atoms with E-state index in [-0.39, 0.29) is 5.78 Å². The van der Waals surface area contributed by atoms with Crippen LogP contribution in [0, 0.1) is 0 Å². The second-order valence-electron chi connectivity index (χ2n) is 4.70. The van der Waals surface area contributed by atoms with Crippen molar-refractivity contribution in [3.63, 3.8) is 0 Å². The van der Waals surface area contributed by atoms with Crippen molar-refractivity contribution in [3.8, 4) is 5.75 Å². The van der Waals surface area contributed by atoms with Gasteiger partial charge in [-0.3, -0.25) is 4.79 Å². The minimum absolute atomic E-state index is 0.251. The van der Waals surface area contributed by atoms with Crippen LogP contribution < -0.4 is 4.74 Å². The Bertz CT molecular complexity index is 435. The van der Waals surface area contributed by atoms with Gasteiger partial charge in [0.05, 0.1) is 12.2 Å². The average Bonchev–Trinajstić information content (AvgIpc) is 2.49. The van der Waals surface area contributed by atoms with E-state index in [1.165, 1.54) is 24.0 Å². The molecule has 2 heteroatoms. The van der Waals surface area contributed by atoms with Gasteiger partial charge in [0.1, 0.15) is 5.75 Å². The molecule has 0 saturated heterocycles. The molecule has 0 N–H and O–H groups in total. The fourth-order valence-electron chi connectivity index (χ4n) is 2.65. The number of fused-ring (bicyclic) bond motifs is 2. The molecule has 3 rings (SSSR count). The summed E-state index contributed by atoms with van der Waals surface area (Å²) in [5, 5.41) is 0. The van der Waals surface area contributed by atoms with E-state index >= 15 is 0 Å². The van der Waals surface area contributed by atoms with E-state index in [9.17, 15) is 4.79 Å². The highest BCUT2D eigenvalue weighted by Crippen LogP contribution is 2.31. The molecule has 0 aromatic heterocycles. The Balaban J connectivity index is 2.10. The van der Waals surface area contributed by atoms with E-state index in [4.69, 9.17) is 4.74 Å². The van der Waals surface area contributed by atoms with Crippen LogP contribution in [-0.2, 0) is 12.8 Å². The maximum Gasteiger partial charge on any atom is 0.166 e. The Hall–Kier alpha value is -1.31. The molecule has 0 atom stereocenters. The summed E-state index contributed by atoms with van der Waals surface area (Å²) >= 11 is 0.